The maximum absolute atomic E-state index is 9.17. The van der Waals surface area contributed by atoms with Crippen molar-refractivity contribution in [2.24, 2.45) is 5.73 Å². The smallest absolute Gasteiger partial charge is 0.176 e. The number of nitrogens with zero attached hydrogens (tertiary/aromatic N) is 2. The summed E-state index contributed by atoms with van der Waals surface area (Å²) in [5.74, 6) is 0.149. The molecule has 0 saturated carbocycles. The first-order valence-corrected chi connectivity index (χ1v) is 4.59. The van der Waals surface area contributed by atoms with Gasteiger partial charge in [-0.05, 0) is 31.0 Å². The molecule has 0 aliphatic carbocycles. The van der Waals surface area contributed by atoms with Crippen molar-refractivity contribution in [2.45, 2.75) is 13.8 Å². The Balaban J connectivity index is 2.36. The highest BCUT2D eigenvalue weighted by atomic mass is 17.0. The van der Waals surface area contributed by atoms with Crippen LogP contribution < -0.4 is 10.8 Å². The molecule has 3 N–H and O–H groups in total. The number of hydrogen-bond acceptors (Lipinski definition) is 5. The highest BCUT2D eigenvalue weighted by Crippen LogP contribution is 2.26. The zero-order valence-electron chi connectivity index (χ0n) is 8.64. The van der Waals surface area contributed by atoms with Crippen molar-refractivity contribution in [3.63, 3.8) is 0 Å². The molecule has 0 saturated heterocycles. The Bertz CT molecular complexity index is 417. The SMILES string of the molecule is Cc1cccc(N2C=C(N)N(O)O2)c1C. The standard InChI is InChI=1S/C10H13N3O2/c1-7-4-3-5-9(8(7)2)12-6-10(11)13(14)15-12/h3-6,14H,11H2,1-2H3. The monoisotopic (exact) mass is 207 g/mol. The van der Waals surface area contributed by atoms with E-state index in [0.29, 0.717) is 5.23 Å². The van der Waals surface area contributed by atoms with Crippen molar-refractivity contribution in [3.8, 4) is 0 Å². The van der Waals surface area contributed by atoms with Crippen molar-refractivity contribution < 1.29 is 10.1 Å². The highest BCUT2D eigenvalue weighted by molar-refractivity contribution is 5.56. The third-order valence-electron chi connectivity index (χ3n) is 2.45. The molecule has 1 aliphatic rings. The van der Waals surface area contributed by atoms with Crippen LogP contribution in [-0.4, -0.2) is 10.4 Å². The van der Waals surface area contributed by atoms with Gasteiger partial charge >= 0.3 is 0 Å². The topological polar surface area (TPSA) is 62.0 Å². The summed E-state index contributed by atoms with van der Waals surface area (Å²) in [6.45, 7) is 4.00. The molecule has 0 fully saturated rings. The molecule has 5 nitrogen and oxygen atoms in total. The molecule has 1 aromatic carbocycles. The third-order valence-corrected chi connectivity index (χ3v) is 2.45. The molecule has 0 spiro atoms. The molecule has 1 heterocycles. The number of hydrogen-bond donors (Lipinski definition) is 2. The number of hydroxylamine groups is 3. The van der Waals surface area contributed by atoms with Crippen LogP contribution in [0, 0.1) is 13.8 Å². The van der Waals surface area contributed by atoms with Crippen LogP contribution in [0.15, 0.2) is 30.2 Å². The molecule has 1 aliphatic heterocycles. The van der Waals surface area contributed by atoms with Gasteiger partial charge in [0.05, 0.1) is 11.9 Å². The predicted molar refractivity (Wildman–Crippen MR) is 55.4 cm³/mol. The summed E-state index contributed by atoms with van der Waals surface area (Å²) < 4.78 is 0. The summed E-state index contributed by atoms with van der Waals surface area (Å²) >= 11 is 0. The summed E-state index contributed by atoms with van der Waals surface area (Å²) in [5.41, 5.74) is 8.55. The van der Waals surface area contributed by atoms with Gasteiger partial charge in [-0.25, -0.2) is 0 Å². The molecule has 1 aromatic rings. The minimum Gasteiger partial charge on any atom is -0.380 e. The van der Waals surface area contributed by atoms with E-state index in [4.69, 9.17) is 15.9 Å². The van der Waals surface area contributed by atoms with Gasteiger partial charge in [0.15, 0.2) is 5.82 Å². The number of aryl methyl sites for hydroxylation is 1. The molecular weight excluding hydrogens is 194 g/mol. The molecule has 0 amide bonds. The summed E-state index contributed by atoms with van der Waals surface area (Å²) in [4.78, 5) is 5.00. The molecule has 0 bridgehead atoms. The molecule has 0 radical (unpaired) electrons. The zero-order chi connectivity index (χ0) is 11.0. The Kier molecular flexibility index (Phi) is 2.26. The van der Waals surface area contributed by atoms with E-state index in [1.807, 2.05) is 32.0 Å². The van der Waals surface area contributed by atoms with Gasteiger partial charge in [-0.3, -0.25) is 5.21 Å². The van der Waals surface area contributed by atoms with Gasteiger partial charge in [-0.15, -0.1) is 4.94 Å². The fraction of sp³-hybridized carbons (Fsp3) is 0.200. The van der Waals surface area contributed by atoms with Gasteiger partial charge < -0.3 is 5.73 Å². The van der Waals surface area contributed by atoms with Crippen LogP contribution >= 0.6 is 0 Å². The average molecular weight is 207 g/mol. The van der Waals surface area contributed by atoms with E-state index in [2.05, 4.69) is 0 Å². The van der Waals surface area contributed by atoms with Crippen molar-refractivity contribution >= 4 is 5.69 Å². The maximum Gasteiger partial charge on any atom is 0.176 e. The number of benzene rings is 1. The van der Waals surface area contributed by atoms with Crippen LogP contribution in [0.1, 0.15) is 11.1 Å². The van der Waals surface area contributed by atoms with E-state index in [9.17, 15) is 0 Å². The van der Waals surface area contributed by atoms with Crippen molar-refractivity contribution in [2.75, 3.05) is 5.06 Å². The van der Waals surface area contributed by atoms with E-state index < -0.39 is 0 Å². The second-order valence-electron chi connectivity index (χ2n) is 3.45. The Morgan fingerprint density at radius 1 is 1.33 bits per heavy atom. The van der Waals surface area contributed by atoms with Crippen molar-refractivity contribution in [1.29, 1.82) is 0 Å². The van der Waals surface area contributed by atoms with Crippen LogP contribution in [-0.2, 0) is 4.94 Å². The summed E-state index contributed by atoms with van der Waals surface area (Å²) in [5, 5.41) is 11.1. The quantitative estimate of drug-likeness (QED) is 0.729. The lowest BCUT2D eigenvalue weighted by Crippen LogP contribution is -2.23. The van der Waals surface area contributed by atoms with Crippen LogP contribution in [0.5, 0.6) is 0 Å². The highest BCUT2D eigenvalue weighted by Gasteiger charge is 2.21. The first-order chi connectivity index (χ1) is 7.09. The fourth-order valence-electron chi connectivity index (χ4n) is 1.41. The van der Waals surface area contributed by atoms with Crippen LogP contribution in [0.2, 0.25) is 0 Å². The van der Waals surface area contributed by atoms with Gasteiger partial charge in [0.2, 0.25) is 0 Å². The summed E-state index contributed by atoms with van der Waals surface area (Å²) in [6, 6.07) is 5.83. The van der Waals surface area contributed by atoms with E-state index in [1.54, 1.807) is 0 Å². The van der Waals surface area contributed by atoms with Crippen molar-refractivity contribution in [1.82, 2.24) is 5.23 Å². The Hall–Kier alpha value is -1.72. The van der Waals surface area contributed by atoms with Gasteiger partial charge in [-0.2, -0.15) is 5.06 Å². The van der Waals surface area contributed by atoms with Gasteiger partial charge in [0, 0.05) is 0 Å². The molecule has 15 heavy (non-hydrogen) atoms. The lowest BCUT2D eigenvalue weighted by Gasteiger charge is -2.18. The zero-order valence-corrected chi connectivity index (χ0v) is 8.64. The van der Waals surface area contributed by atoms with Gasteiger partial charge in [0.25, 0.3) is 0 Å². The molecule has 80 valence electrons. The number of rotatable bonds is 1. The Labute approximate surface area is 87.8 Å². The number of anilines is 1. The Morgan fingerprint density at radius 3 is 2.67 bits per heavy atom. The maximum atomic E-state index is 9.17. The lowest BCUT2D eigenvalue weighted by atomic mass is 10.1. The van der Waals surface area contributed by atoms with Gasteiger partial charge in [0.1, 0.15) is 0 Å². The molecule has 0 atom stereocenters. The minimum absolute atomic E-state index is 0.149. The first-order valence-electron chi connectivity index (χ1n) is 4.59. The first kappa shape index (κ1) is 9.82. The second kappa shape index (κ2) is 3.45. The third kappa shape index (κ3) is 1.62. The van der Waals surface area contributed by atoms with Crippen LogP contribution in [0.25, 0.3) is 0 Å². The van der Waals surface area contributed by atoms with Crippen LogP contribution in [0.4, 0.5) is 5.69 Å². The van der Waals surface area contributed by atoms with E-state index in [0.717, 1.165) is 16.8 Å². The van der Waals surface area contributed by atoms with Crippen molar-refractivity contribution in [3.05, 3.63) is 41.3 Å². The van der Waals surface area contributed by atoms with E-state index >= 15 is 0 Å². The van der Waals surface area contributed by atoms with Gasteiger partial charge in [-0.1, -0.05) is 17.4 Å². The number of nitrogens with two attached hydrogens (primary N) is 1. The summed E-state index contributed by atoms with van der Waals surface area (Å²) in [7, 11) is 0. The fourth-order valence-corrected chi connectivity index (χ4v) is 1.41. The molecule has 0 aromatic heterocycles. The predicted octanol–water partition coefficient (Wildman–Crippen LogP) is 1.42. The normalized spacial score (nSPS) is 15.8. The molecular formula is C10H13N3O2. The summed E-state index contributed by atoms with van der Waals surface area (Å²) in [6.07, 6.45) is 1.52. The second-order valence-corrected chi connectivity index (χ2v) is 3.45. The van der Waals surface area contributed by atoms with E-state index in [1.165, 1.54) is 11.3 Å². The Morgan fingerprint density at radius 2 is 2.07 bits per heavy atom. The largest absolute Gasteiger partial charge is 0.380 e. The molecule has 2 rings (SSSR count). The lowest BCUT2D eigenvalue weighted by molar-refractivity contribution is -0.304. The van der Waals surface area contributed by atoms with E-state index in [-0.39, 0.29) is 5.82 Å². The molecule has 5 heteroatoms. The molecule has 0 unspecified atom stereocenters. The van der Waals surface area contributed by atoms with Crippen LogP contribution in [0.3, 0.4) is 0 Å². The minimum atomic E-state index is 0.149. The average Bonchev–Trinajstić information content (AvgIpc) is 2.51.